The number of aliphatic carboxylic acids is 1. The lowest BCUT2D eigenvalue weighted by Gasteiger charge is -2.15. The maximum Gasteiger partial charge on any atom is 0.412 e. The molecular formula is C29H26FN3O6. The Kier molecular flexibility index (Phi) is 8.35. The molecule has 200 valence electrons. The molecule has 0 saturated heterocycles. The number of amides is 2. The van der Waals surface area contributed by atoms with Gasteiger partial charge in [-0.1, -0.05) is 65.8 Å². The Labute approximate surface area is 223 Å². The van der Waals surface area contributed by atoms with E-state index in [1.165, 1.54) is 24.3 Å². The molecule has 4 rings (SSSR count). The number of nitrogens with zero attached hydrogens (tertiary/aromatic N) is 1. The Morgan fingerprint density at radius 3 is 2.33 bits per heavy atom. The van der Waals surface area contributed by atoms with Gasteiger partial charge in [-0.15, -0.1) is 0 Å². The van der Waals surface area contributed by atoms with Crippen molar-refractivity contribution in [2.24, 2.45) is 0 Å². The number of aromatic nitrogens is 1. The van der Waals surface area contributed by atoms with Gasteiger partial charge in [0, 0.05) is 23.1 Å². The standard InChI is InChI=1S/C29H26FN3O6/c1-17-25(32-29(37)38-18(2)22-10-6-7-11-23(22)30)26(39-33-17)20-12-14-21(15-13-20)27(34)31-24(28(35)36)16-19-8-4-3-5-9-19/h3-15,18,24H,16H2,1-2H3,(H,31,34)(H,32,37)(H,35,36). The van der Waals surface area contributed by atoms with E-state index in [1.54, 1.807) is 62.4 Å². The number of halogens is 1. The van der Waals surface area contributed by atoms with Crippen LogP contribution in [0.1, 0.15) is 40.2 Å². The van der Waals surface area contributed by atoms with E-state index in [1.807, 2.05) is 6.07 Å². The summed E-state index contributed by atoms with van der Waals surface area (Å²) < 4.78 is 24.7. The molecule has 1 heterocycles. The zero-order valence-electron chi connectivity index (χ0n) is 21.2. The number of ether oxygens (including phenoxy) is 1. The lowest BCUT2D eigenvalue weighted by Crippen LogP contribution is -2.42. The van der Waals surface area contributed by atoms with E-state index in [9.17, 15) is 23.9 Å². The van der Waals surface area contributed by atoms with E-state index in [4.69, 9.17) is 9.26 Å². The quantitative estimate of drug-likeness (QED) is 0.259. The minimum atomic E-state index is -1.15. The fraction of sp³-hybridized carbons (Fsp3) is 0.172. The van der Waals surface area contributed by atoms with Crippen molar-refractivity contribution in [1.29, 1.82) is 0 Å². The molecule has 39 heavy (non-hydrogen) atoms. The Morgan fingerprint density at radius 2 is 1.67 bits per heavy atom. The van der Waals surface area contributed by atoms with Crippen molar-refractivity contribution in [3.63, 3.8) is 0 Å². The molecule has 10 heteroatoms. The van der Waals surface area contributed by atoms with Crippen molar-refractivity contribution in [3.05, 3.63) is 107 Å². The number of carbonyl (C=O) groups excluding carboxylic acids is 2. The van der Waals surface area contributed by atoms with Gasteiger partial charge in [0.05, 0.1) is 0 Å². The van der Waals surface area contributed by atoms with Crippen LogP contribution in [0.4, 0.5) is 14.9 Å². The second-order valence-electron chi connectivity index (χ2n) is 8.80. The summed E-state index contributed by atoms with van der Waals surface area (Å²) in [6.45, 7) is 3.18. The summed E-state index contributed by atoms with van der Waals surface area (Å²) in [7, 11) is 0. The highest BCUT2D eigenvalue weighted by Crippen LogP contribution is 2.32. The Morgan fingerprint density at radius 1 is 1.00 bits per heavy atom. The number of hydrogen-bond acceptors (Lipinski definition) is 6. The van der Waals surface area contributed by atoms with Gasteiger partial charge in [0.15, 0.2) is 5.76 Å². The lowest BCUT2D eigenvalue weighted by atomic mass is 10.0. The largest absolute Gasteiger partial charge is 0.480 e. The predicted octanol–water partition coefficient (Wildman–Crippen LogP) is 5.52. The van der Waals surface area contributed by atoms with E-state index < -0.39 is 35.9 Å². The molecule has 0 aliphatic heterocycles. The zero-order valence-corrected chi connectivity index (χ0v) is 21.2. The predicted molar refractivity (Wildman–Crippen MR) is 141 cm³/mol. The van der Waals surface area contributed by atoms with Crippen LogP contribution >= 0.6 is 0 Å². The number of benzene rings is 3. The van der Waals surface area contributed by atoms with Crippen molar-refractivity contribution < 1.29 is 33.1 Å². The summed E-state index contributed by atoms with van der Waals surface area (Å²) >= 11 is 0. The van der Waals surface area contributed by atoms with Crippen molar-refractivity contribution in [3.8, 4) is 11.3 Å². The van der Waals surface area contributed by atoms with Crippen LogP contribution in [0.5, 0.6) is 0 Å². The molecule has 0 radical (unpaired) electrons. The molecule has 0 bridgehead atoms. The molecular weight excluding hydrogens is 505 g/mol. The van der Waals surface area contributed by atoms with Crippen LogP contribution in [-0.2, 0) is 16.0 Å². The summed E-state index contributed by atoms with van der Waals surface area (Å²) in [6, 6.07) is 20.1. The average Bonchev–Trinajstić information content (AvgIpc) is 3.28. The van der Waals surface area contributed by atoms with E-state index in [-0.39, 0.29) is 29.0 Å². The summed E-state index contributed by atoms with van der Waals surface area (Å²) in [4.78, 5) is 37.0. The van der Waals surface area contributed by atoms with Crippen LogP contribution in [0.3, 0.4) is 0 Å². The van der Waals surface area contributed by atoms with Gasteiger partial charge >= 0.3 is 12.1 Å². The number of anilines is 1. The second-order valence-corrected chi connectivity index (χ2v) is 8.80. The van der Waals surface area contributed by atoms with Crippen LogP contribution in [0, 0.1) is 12.7 Å². The Bertz CT molecular complexity index is 1470. The number of nitrogens with one attached hydrogen (secondary N) is 2. The first-order valence-corrected chi connectivity index (χ1v) is 12.1. The molecule has 0 aliphatic carbocycles. The summed E-state index contributed by atoms with van der Waals surface area (Å²) in [5.41, 5.74) is 2.39. The van der Waals surface area contributed by atoms with Crippen LogP contribution in [0.25, 0.3) is 11.3 Å². The molecule has 9 nitrogen and oxygen atoms in total. The topological polar surface area (TPSA) is 131 Å². The molecule has 3 aromatic carbocycles. The minimum absolute atomic E-state index is 0.137. The third kappa shape index (κ3) is 6.67. The smallest absolute Gasteiger partial charge is 0.412 e. The third-order valence-electron chi connectivity index (χ3n) is 6.01. The highest BCUT2D eigenvalue weighted by Gasteiger charge is 2.23. The molecule has 0 saturated carbocycles. The van der Waals surface area contributed by atoms with Gasteiger partial charge in [-0.3, -0.25) is 10.1 Å². The van der Waals surface area contributed by atoms with Gasteiger partial charge in [0.25, 0.3) is 5.91 Å². The fourth-order valence-corrected chi connectivity index (χ4v) is 3.94. The number of carbonyl (C=O) groups is 3. The molecule has 2 unspecified atom stereocenters. The monoisotopic (exact) mass is 531 g/mol. The molecule has 2 amide bonds. The maximum atomic E-state index is 14.0. The fourth-order valence-electron chi connectivity index (χ4n) is 3.94. The van der Waals surface area contributed by atoms with Gasteiger partial charge in [0.1, 0.15) is 29.3 Å². The molecule has 1 aromatic heterocycles. The first-order valence-electron chi connectivity index (χ1n) is 12.1. The van der Waals surface area contributed by atoms with Crippen molar-refractivity contribution in [2.45, 2.75) is 32.4 Å². The van der Waals surface area contributed by atoms with Crippen LogP contribution in [0.2, 0.25) is 0 Å². The molecule has 0 spiro atoms. The van der Waals surface area contributed by atoms with Crippen molar-refractivity contribution >= 4 is 23.7 Å². The number of carboxylic acid groups (broad SMARTS) is 1. The van der Waals surface area contributed by atoms with Crippen LogP contribution in [-0.4, -0.2) is 34.3 Å². The van der Waals surface area contributed by atoms with Gasteiger partial charge in [0.2, 0.25) is 0 Å². The second kappa shape index (κ2) is 12.0. The molecule has 4 aromatic rings. The number of hydrogen-bond donors (Lipinski definition) is 3. The zero-order chi connectivity index (χ0) is 27.9. The SMILES string of the molecule is Cc1noc(-c2ccc(C(=O)NC(Cc3ccccc3)C(=O)O)cc2)c1NC(=O)OC(C)c1ccccc1F. The third-order valence-corrected chi connectivity index (χ3v) is 6.01. The normalized spacial score (nSPS) is 12.3. The highest BCUT2D eigenvalue weighted by molar-refractivity contribution is 5.97. The molecule has 3 N–H and O–H groups in total. The Balaban J connectivity index is 1.44. The maximum absolute atomic E-state index is 14.0. The van der Waals surface area contributed by atoms with Crippen LogP contribution in [0.15, 0.2) is 83.4 Å². The van der Waals surface area contributed by atoms with E-state index in [0.717, 1.165) is 5.56 Å². The number of aryl methyl sites for hydroxylation is 1. The van der Waals surface area contributed by atoms with Crippen LogP contribution < -0.4 is 10.6 Å². The number of rotatable bonds is 9. The van der Waals surface area contributed by atoms with Gasteiger partial charge in [-0.2, -0.15) is 0 Å². The number of carboxylic acids is 1. The lowest BCUT2D eigenvalue weighted by molar-refractivity contribution is -0.139. The van der Waals surface area contributed by atoms with Crippen molar-refractivity contribution in [1.82, 2.24) is 10.5 Å². The van der Waals surface area contributed by atoms with E-state index in [0.29, 0.717) is 11.3 Å². The average molecular weight is 532 g/mol. The van der Waals surface area contributed by atoms with E-state index >= 15 is 0 Å². The van der Waals surface area contributed by atoms with Crippen molar-refractivity contribution in [2.75, 3.05) is 5.32 Å². The molecule has 0 fully saturated rings. The minimum Gasteiger partial charge on any atom is -0.480 e. The van der Waals surface area contributed by atoms with Gasteiger partial charge < -0.3 is 19.7 Å². The van der Waals surface area contributed by atoms with E-state index in [2.05, 4.69) is 15.8 Å². The Hall–Kier alpha value is -4.99. The molecule has 0 aliphatic rings. The van der Waals surface area contributed by atoms with Gasteiger partial charge in [-0.25, -0.2) is 14.0 Å². The summed E-state index contributed by atoms with van der Waals surface area (Å²) in [5, 5.41) is 18.6. The summed E-state index contributed by atoms with van der Waals surface area (Å²) in [6.07, 6.45) is -1.53. The first-order chi connectivity index (χ1) is 18.7. The van der Waals surface area contributed by atoms with Gasteiger partial charge in [-0.05, 0) is 37.6 Å². The highest BCUT2D eigenvalue weighted by atomic mass is 19.1. The molecule has 2 atom stereocenters. The summed E-state index contributed by atoms with van der Waals surface area (Å²) in [5.74, 6) is -1.96. The first kappa shape index (κ1) is 27.1.